The first-order chi connectivity index (χ1) is 9.79. The molecule has 0 unspecified atom stereocenters. The van der Waals surface area contributed by atoms with Crippen LogP contribution in [0.15, 0.2) is 24.3 Å². The van der Waals surface area contributed by atoms with Crippen molar-refractivity contribution in [1.82, 2.24) is 10.4 Å². The molecule has 112 valence electrons. The monoisotopic (exact) mass is 292 g/mol. The van der Waals surface area contributed by atoms with Crippen LogP contribution in [0.3, 0.4) is 0 Å². The number of carbonyl (C=O) groups excluding carboxylic acids is 3. The van der Waals surface area contributed by atoms with Gasteiger partial charge in [-0.15, -0.1) is 0 Å². The molecule has 0 saturated carbocycles. The highest BCUT2D eigenvalue weighted by molar-refractivity contribution is 5.96. The molecule has 21 heavy (non-hydrogen) atoms. The minimum absolute atomic E-state index is 0.0656. The topological polar surface area (TPSA) is 104 Å². The molecule has 0 atom stereocenters. The maximum Gasteiger partial charge on any atom is 0.335 e. The molecule has 0 spiro atoms. The van der Waals surface area contributed by atoms with E-state index in [9.17, 15) is 19.2 Å². The Kier molecular flexibility index (Phi) is 5.74. The molecule has 0 aliphatic heterocycles. The minimum Gasteiger partial charge on any atom is -0.478 e. The summed E-state index contributed by atoms with van der Waals surface area (Å²) in [5, 5.41) is 9.99. The first-order valence-electron chi connectivity index (χ1n) is 6.17. The zero-order valence-electron chi connectivity index (χ0n) is 11.8. The summed E-state index contributed by atoms with van der Waals surface area (Å²) in [5.74, 6) is -2.00. The molecular weight excluding hydrogens is 276 g/mol. The molecule has 0 radical (unpaired) electrons. The van der Waals surface area contributed by atoms with Crippen LogP contribution < -0.4 is 5.43 Å². The highest BCUT2D eigenvalue weighted by Crippen LogP contribution is 2.04. The third kappa shape index (κ3) is 5.53. The molecule has 0 aromatic heterocycles. The molecule has 0 aliphatic rings. The fourth-order valence-electron chi connectivity index (χ4n) is 1.64. The third-order valence-corrected chi connectivity index (χ3v) is 2.48. The molecule has 7 heteroatoms. The summed E-state index contributed by atoms with van der Waals surface area (Å²) in [6, 6.07) is 5.33. The summed E-state index contributed by atoms with van der Waals surface area (Å²) >= 11 is 0. The van der Waals surface area contributed by atoms with Crippen LogP contribution in [0.1, 0.15) is 34.6 Å². The second-order valence-electron chi connectivity index (χ2n) is 4.58. The summed E-state index contributed by atoms with van der Waals surface area (Å²) in [5.41, 5.74) is 2.75. The van der Waals surface area contributed by atoms with Gasteiger partial charge in [0.1, 0.15) is 11.6 Å². The number of nitrogens with zero attached hydrogens (tertiary/aromatic N) is 1. The average molecular weight is 292 g/mol. The zero-order chi connectivity index (χ0) is 16.0. The average Bonchev–Trinajstić information content (AvgIpc) is 2.37. The van der Waals surface area contributed by atoms with E-state index in [2.05, 4.69) is 5.43 Å². The van der Waals surface area contributed by atoms with Gasteiger partial charge in [-0.1, -0.05) is 0 Å². The van der Waals surface area contributed by atoms with E-state index in [4.69, 9.17) is 5.11 Å². The van der Waals surface area contributed by atoms with E-state index in [1.54, 1.807) is 0 Å². The summed E-state index contributed by atoms with van der Waals surface area (Å²) in [6.45, 7) is 2.53. The smallest absolute Gasteiger partial charge is 0.335 e. The molecule has 0 fully saturated rings. The molecule has 2 N–H and O–H groups in total. The second kappa shape index (κ2) is 7.30. The van der Waals surface area contributed by atoms with Crippen LogP contribution in [-0.4, -0.2) is 46.6 Å². The van der Waals surface area contributed by atoms with Gasteiger partial charge in [-0.05, 0) is 38.1 Å². The number of carbonyl (C=O) groups is 4. The van der Waals surface area contributed by atoms with Crippen LogP contribution in [0.5, 0.6) is 0 Å². The fraction of sp³-hybridized carbons (Fsp3) is 0.286. The van der Waals surface area contributed by atoms with Gasteiger partial charge in [0.25, 0.3) is 5.91 Å². The van der Waals surface area contributed by atoms with E-state index in [1.165, 1.54) is 43.1 Å². The largest absolute Gasteiger partial charge is 0.478 e. The normalized spacial score (nSPS) is 10.2. The van der Waals surface area contributed by atoms with Crippen LogP contribution in [0.4, 0.5) is 0 Å². The molecule has 0 saturated heterocycles. The highest BCUT2D eigenvalue weighted by Gasteiger charge is 2.15. The van der Waals surface area contributed by atoms with Gasteiger partial charge < -0.3 is 5.11 Å². The van der Waals surface area contributed by atoms with Crippen molar-refractivity contribution >= 4 is 23.4 Å². The lowest BCUT2D eigenvalue weighted by Gasteiger charge is -2.20. The summed E-state index contributed by atoms with van der Waals surface area (Å²) in [6.07, 6.45) is 0. The maximum absolute atomic E-state index is 12.0. The number of nitrogens with one attached hydrogen (secondary N) is 1. The third-order valence-electron chi connectivity index (χ3n) is 2.48. The van der Waals surface area contributed by atoms with Gasteiger partial charge in [0.15, 0.2) is 0 Å². The van der Waals surface area contributed by atoms with E-state index >= 15 is 0 Å². The van der Waals surface area contributed by atoms with E-state index in [0.717, 1.165) is 0 Å². The molecule has 0 bridgehead atoms. The Morgan fingerprint density at radius 1 is 0.952 bits per heavy atom. The van der Waals surface area contributed by atoms with Crippen molar-refractivity contribution in [2.45, 2.75) is 13.8 Å². The lowest BCUT2D eigenvalue weighted by molar-refractivity contribution is -0.121. The molecule has 1 amide bonds. The van der Waals surface area contributed by atoms with E-state index < -0.39 is 11.9 Å². The van der Waals surface area contributed by atoms with Crippen molar-refractivity contribution in [3.05, 3.63) is 35.4 Å². The molecule has 1 rings (SSSR count). The Hall–Kier alpha value is -2.54. The van der Waals surface area contributed by atoms with Gasteiger partial charge >= 0.3 is 5.97 Å². The number of carboxylic acids is 1. The van der Waals surface area contributed by atoms with Crippen LogP contribution in [0, 0.1) is 0 Å². The second-order valence-corrected chi connectivity index (χ2v) is 4.58. The van der Waals surface area contributed by atoms with Crippen molar-refractivity contribution in [1.29, 1.82) is 0 Å². The van der Waals surface area contributed by atoms with E-state index in [0.29, 0.717) is 0 Å². The quantitative estimate of drug-likeness (QED) is 0.710. The Bertz CT molecular complexity index is 549. The minimum atomic E-state index is -1.09. The first kappa shape index (κ1) is 16.5. The van der Waals surface area contributed by atoms with Gasteiger partial charge in [0.05, 0.1) is 18.7 Å². The number of hydrazine groups is 1. The van der Waals surface area contributed by atoms with Crippen LogP contribution >= 0.6 is 0 Å². The predicted octanol–water partition coefficient (Wildman–Crippen LogP) is 0.510. The number of ketones is 2. The number of benzene rings is 1. The van der Waals surface area contributed by atoms with Crippen molar-refractivity contribution in [2.75, 3.05) is 13.1 Å². The number of Topliss-reactive ketones (excluding diaryl/α,β-unsaturated/α-hetero) is 2. The van der Waals surface area contributed by atoms with Gasteiger partial charge in [-0.2, -0.15) is 0 Å². The van der Waals surface area contributed by atoms with Crippen molar-refractivity contribution in [3.8, 4) is 0 Å². The summed E-state index contributed by atoms with van der Waals surface area (Å²) in [7, 11) is 0. The van der Waals surface area contributed by atoms with Crippen LogP contribution in [0.2, 0.25) is 0 Å². The molecule has 0 heterocycles. The molecule has 0 aliphatic carbocycles. The molecule has 1 aromatic carbocycles. The Labute approximate surface area is 121 Å². The summed E-state index contributed by atoms with van der Waals surface area (Å²) < 4.78 is 0. The van der Waals surface area contributed by atoms with Crippen molar-refractivity contribution in [3.63, 3.8) is 0 Å². The Morgan fingerprint density at radius 3 is 1.76 bits per heavy atom. The Morgan fingerprint density at radius 2 is 1.38 bits per heavy atom. The highest BCUT2D eigenvalue weighted by atomic mass is 16.4. The summed E-state index contributed by atoms with van der Waals surface area (Å²) in [4.78, 5) is 44.9. The fourth-order valence-corrected chi connectivity index (χ4v) is 1.64. The first-order valence-corrected chi connectivity index (χ1v) is 6.17. The number of carboxylic acid groups (broad SMARTS) is 1. The Balaban J connectivity index is 2.78. The van der Waals surface area contributed by atoms with Crippen LogP contribution in [0.25, 0.3) is 0 Å². The predicted molar refractivity (Wildman–Crippen MR) is 73.8 cm³/mol. The molecule has 1 aromatic rings. The number of hydrogen-bond donors (Lipinski definition) is 2. The van der Waals surface area contributed by atoms with E-state index in [-0.39, 0.29) is 35.8 Å². The lowest BCUT2D eigenvalue weighted by Crippen LogP contribution is -2.46. The standard InChI is InChI=1S/C14H16N2O5/c1-9(17)7-16(8-10(2)18)15-13(19)11-3-5-12(6-4-11)14(20)21/h3-6H,7-8H2,1-2H3,(H,15,19)(H,20,21). The van der Waals surface area contributed by atoms with Gasteiger partial charge in [-0.3, -0.25) is 19.8 Å². The van der Waals surface area contributed by atoms with E-state index in [1.807, 2.05) is 0 Å². The zero-order valence-corrected chi connectivity index (χ0v) is 11.8. The maximum atomic E-state index is 12.0. The number of hydrogen-bond acceptors (Lipinski definition) is 5. The van der Waals surface area contributed by atoms with Crippen molar-refractivity contribution in [2.24, 2.45) is 0 Å². The molecular formula is C14H16N2O5. The molecule has 7 nitrogen and oxygen atoms in total. The van der Waals surface area contributed by atoms with Crippen LogP contribution in [-0.2, 0) is 9.59 Å². The SMILES string of the molecule is CC(=O)CN(CC(C)=O)NC(=O)c1ccc(C(=O)O)cc1. The van der Waals surface area contributed by atoms with Gasteiger partial charge in [0, 0.05) is 5.56 Å². The number of aromatic carboxylic acids is 1. The van der Waals surface area contributed by atoms with Crippen molar-refractivity contribution < 1.29 is 24.3 Å². The van der Waals surface area contributed by atoms with Gasteiger partial charge in [-0.25, -0.2) is 9.80 Å². The van der Waals surface area contributed by atoms with Gasteiger partial charge in [0.2, 0.25) is 0 Å². The lowest BCUT2D eigenvalue weighted by atomic mass is 10.1. The number of rotatable bonds is 7. The number of amides is 1.